The molecule has 0 aliphatic heterocycles. The van der Waals surface area contributed by atoms with E-state index in [4.69, 9.17) is 10.5 Å². The molecule has 0 heterocycles. The van der Waals surface area contributed by atoms with E-state index in [1.165, 1.54) is 5.56 Å². The van der Waals surface area contributed by atoms with E-state index in [9.17, 15) is 0 Å². The molecule has 22 heavy (non-hydrogen) atoms. The minimum Gasteiger partial charge on any atom is -0.492 e. The molecule has 0 aliphatic rings. The Morgan fingerprint density at radius 3 is 2.09 bits per heavy atom. The third kappa shape index (κ3) is 9.03. The van der Waals surface area contributed by atoms with Crippen LogP contribution < -0.4 is 10.5 Å². The van der Waals surface area contributed by atoms with Gasteiger partial charge >= 0.3 is 0 Å². The van der Waals surface area contributed by atoms with Crippen molar-refractivity contribution in [1.82, 2.24) is 9.80 Å². The predicted octanol–water partition coefficient (Wildman–Crippen LogP) is 2.82. The fourth-order valence-corrected chi connectivity index (χ4v) is 1.96. The highest BCUT2D eigenvalue weighted by Crippen LogP contribution is 2.14. The third-order valence-electron chi connectivity index (χ3n) is 3.26. The highest BCUT2D eigenvalue weighted by Gasteiger charge is 2.09. The zero-order valence-corrected chi connectivity index (χ0v) is 15.3. The number of nitrogens with zero attached hydrogens (tertiary/aromatic N) is 2. The topological polar surface area (TPSA) is 41.7 Å². The summed E-state index contributed by atoms with van der Waals surface area (Å²) in [5.74, 6) is 0.936. The number of ether oxygens (including phenoxy) is 1. The zero-order chi connectivity index (χ0) is 17.0. The van der Waals surface area contributed by atoms with Crippen LogP contribution in [0.5, 0.6) is 5.75 Å². The van der Waals surface area contributed by atoms with Crippen molar-refractivity contribution in [2.45, 2.75) is 40.3 Å². The molecule has 0 fully saturated rings. The average Bonchev–Trinajstić information content (AvgIpc) is 2.50. The Hall–Kier alpha value is -1.10. The van der Waals surface area contributed by atoms with Crippen molar-refractivity contribution < 1.29 is 4.74 Å². The highest BCUT2D eigenvalue weighted by atomic mass is 16.5. The lowest BCUT2D eigenvalue weighted by molar-refractivity contribution is 0.219. The zero-order valence-electron chi connectivity index (χ0n) is 15.3. The Morgan fingerprint density at radius 2 is 1.64 bits per heavy atom. The van der Waals surface area contributed by atoms with Gasteiger partial charge in [-0.25, -0.2) is 0 Å². The Labute approximate surface area is 137 Å². The monoisotopic (exact) mass is 309 g/mol. The average molecular weight is 309 g/mol. The van der Waals surface area contributed by atoms with Gasteiger partial charge in [0.2, 0.25) is 0 Å². The van der Waals surface area contributed by atoms with Crippen LogP contribution in [0.2, 0.25) is 0 Å². The van der Waals surface area contributed by atoms with Crippen molar-refractivity contribution in [1.29, 1.82) is 0 Å². The molecule has 0 saturated carbocycles. The molecule has 0 unspecified atom stereocenters. The normalized spacial score (nSPS) is 10.8. The summed E-state index contributed by atoms with van der Waals surface area (Å²) in [6.07, 6.45) is 0. The van der Waals surface area contributed by atoms with Gasteiger partial charge in [-0.05, 0) is 45.6 Å². The van der Waals surface area contributed by atoms with E-state index >= 15 is 0 Å². The summed E-state index contributed by atoms with van der Waals surface area (Å²) in [5, 5.41) is 0. The maximum Gasteiger partial charge on any atom is 0.119 e. The molecule has 2 N–H and O–H groups in total. The van der Waals surface area contributed by atoms with Crippen molar-refractivity contribution in [2.75, 3.05) is 40.3 Å². The lowest BCUT2D eigenvalue weighted by Crippen LogP contribution is -2.34. The first-order valence-corrected chi connectivity index (χ1v) is 8.33. The Bertz CT molecular complexity index is 363. The summed E-state index contributed by atoms with van der Waals surface area (Å²) in [4.78, 5) is 4.49. The molecule has 0 bridgehead atoms. The molecule has 0 spiro atoms. The quantitative estimate of drug-likeness (QED) is 0.761. The van der Waals surface area contributed by atoms with Crippen LogP contribution in [-0.4, -0.2) is 56.2 Å². The Morgan fingerprint density at radius 1 is 1.05 bits per heavy atom. The SMILES string of the molecule is CC.CC(C)N(CCN)Cc1ccc(OCCN(C)C)cc1. The maximum absolute atomic E-state index is 5.70. The lowest BCUT2D eigenvalue weighted by Gasteiger charge is -2.25. The number of nitrogens with two attached hydrogens (primary N) is 1. The second-order valence-corrected chi connectivity index (χ2v) is 5.65. The summed E-state index contributed by atoms with van der Waals surface area (Å²) in [6, 6.07) is 8.88. The van der Waals surface area contributed by atoms with Crippen molar-refractivity contribution in [3.63, 3.8) is 0 Å². The van der Waals surface area contributed by atoms with E-state index in [2.05, 4.69) is 35.8 Å². The molecule has 1 aromatic rings. The van der Waals surface area contributed by atoms with Crippen LogP contribution in [0.25, 0.3) is 0 Å². The van der Waals surface area contributed by atoms with Gasteiger partial charge in [0, 0.05) is 32.2 Å². The van der Waals surface area contributed by atoms with Gasteiger partial charge in [-0.2, -0.15) is 0 Å². The van der Waals surface area contributed by atoms with E-state index in [-0.39, 0.29) is 0 Å². The molecule has 0 saturated heterocycles. The fraction of sp³-hybridized carbons (Fsp3) is 0.667. The van der Waals surface area contributed by atoms with E-state index in [0.717, 1.165) is 32.0 Å². The molecule has 0 atom stereocenters. The predicted molar refractivity (Wildman–Crippen MR) is 96.4 cm³/mol. The number of hydrogen-bond donors (Lipinski definition) is 1. The van der Waals surface area contributed by atoms with Gasteiger partial charge < -0.3 is 15.4 Å². The first-order chi connectivity index (χ1) is 10.5. The largest absolute Gasteiger partial charge is 0.492 e. The lowest BCUT2D eigenvalue weighted by atomic mass is 10.2. The summed E-state index contributed by atoms with van der Waals surface area (Å²) in [7, 11) is 4.09. The number of hydrogen-bond acceptors (Lipinski definition) is 4. The minimum absolute atomic E-state index is 0.509. The van der Waals surface area contributed by atoms with Crippen LogP contribution in [0, 0.1) is 0 Å². The summed E-state index contributed by atoms with van der Waals surface area (Å²) in [5.41, 5.74) is 6.96. The van der Waals surface area contributed by atoms with Gasteiger partial charge in [-0.15, -0.1) is 0 Å². The second kappa shape index (κ2) is 12.4. The molecule has 1 aromatic carbocycles. The molecule has 0 amide bonds. The first kappa shape index (κ1) is 20.9. The number of rotatable bonds is 9. The van der Waals surface area contributed by atoms with Crippen molar-refractivity contribution >= 4 is 0 Å². The van der Waals surface area contributed by atoms with Crippen LogP contribution >= 0.6 is 0 Å². The summed E-state index contributed by atoms with van der Waals surface area (Å²) < 4.78 is 5.70. The molecular formula is C18H35N3O. The van der Waals surface area contributed by atoms with Crippen molar-refractivity contribution in [2.24, 2.45) is 5.73 Å². The molecule has 0 aromatic heterocycles. The number of benzene rings is 1. The van der Waals surface area contributed by atoms with Gasteiger partial charge in [0.15, 0.2) is 0 Å². The van der Waals surface area contributed by atoms with Crippen LogP contribution in [0.1, 0.15) is 33.3 Å². The van der Waals surface area contributed by atoms with Crippen LogP contribution in [0.15, 0.2) is 24.3 Å². The van der Waals surface area contributed by atoms with E-state index in [1.54, 1.807) is 0 Å². The standard InChI is InChI=1S/C16H29N3O.C2H6/c1-14(2)19(10-9-17)13-15-5-7-16(8-6-15)20-12-11-18(3)4;1-2/h5-8,14H,9-13,17H2,1-4H3;1-2H3. The molecular weight excluding hydrogens is 274 g/mol. The van der Waals surface area contributed by atoms with Gasteiger partial charge in [0.05, 0.1) is 0 Å². The van der Waals surface area contributed by atoms with Crippen LogP contribution in [-0.2, 0) is 6.54 Å². The molecule has 4 nitrogen and oxygen atoms in total. The molecule has 128 valence electrons. The highest BCUT2D eigenvalue weighted by molar-refractivity contribution is 5.27. The second-order valence-electron chi connectivity index (χ2n) is 5.65. The molecule has 0 radical (unpaired) electrons. The summed E-state index contributed by atoms with van der Waals surface area (Å²) in [6.45, 7) is 12.6. The van der Waals surface area contributed by atoms with Gasteiger partial charge in [0.1, 0.15) is 12.4 Å². The van der Waals surface area contributed by atoms with Gasteiger partial charge in [-0.1, -0.05) is 26.0 Å². The van der Waals surface area contributed by atoms with Crippen molar-refractivity contribution in [3.8, 4) is 5.75 Å². The third-order valence-corrected chi connectivity index (χ3v) is 3.26. The smallest absolute Gasteiger partial charge is 0.119 e. The van der Waals surface area contributed by atoms with Gasteiger partial charge in [0.25, 0.3) is 0 Å². The van der Waals surface area contributed by atoms with E-state index in [0.29, 0.717) is 12.6 Å². The van der Waals surface area contributed by atoms with Crippen LogP contribution in [0.4, 0.5) is 0 Å². The van der Waals surface area contributed by atoms with E-state index in [1.807, 2.05) is 40.1 Å². The Balaban J connectivity index is 0.00000211. The Kier molecular flexibility index (Phi) is 11.8. The fourth-order valence-electron chi connectivity index (χ4n) is 1.96. The van der Waals surface area contributed by atoms with E-state index < -0.39 is 0 Å². The molecule has 4 heteroatoms. The number of likely N-dealkylation sites (N-methyl/N-ethyl adjacent to an activating group) is 1. The van der Waals surface area contributed by atoms with Crippen molar-refractivity contribution in [3.05, 3.63) is 29.8 Å². The molecule has 1 rings (SSSR count). The maximum atomic E-state index is 5.70. The van der Waals surface area contributed by atoms with Gasteiger partial charge in [-0.3, -0.25) is 4.90 Å². The minimum atomic E-state index is 0.509. The molecule has 0 aliphatic carbocycles. The summed E-state index contributed by atoms with van der Waals surface area (Å²) >= 11 is 0. The van der Waals surface area contributed by atoms with Crippen LogP contribution in [0.3, 0.4) is 0 Å². The first-order valence-electron chi connectivity index (χ1n) is 8.33.